The molecule has 0 aromatic carbocycles. The lowest BCUT2D eigenvalue weighted by molar-refractivity contribution is -0.116. The van der Waals surface area contributed by atoms with Crippen molar-refractivity contribution in [2.75, 3.05) is 20.6 Å². The van der Waals surface area contributed by atoms with Crippen molar-refractivity contribution >= 4 is 11.9 Å². The van der Waals surface area contributed by atoms with E-state index in [1.807, 2.05) is 7.05 Å². The van der Waals surface area contributed by atoms with Gasteiger partial charge in [0.15, 0.2) is 0 Å². The van der Waals surface area contributed by atoms with Crippen LogP contribution in [0.1, 0.15) is 0 Å². The van der Waals surface area contributed by atoms with E-state index in [0.29, 0.717) is 12.5 Å². The van der Waals surface area contributed by atoms with E-state index in [1.54, 1.807) is 11.9 Å². The highest BCUT2D eigenvalue weighted by Gasteiger charge is 2.16. The zero-order valence-corrected chi connectivity index (χ0v) is 5.51. The van der Waals surface area contributed by atoms with Crippen LogP contribution in [0.25, 0.3) is 0 Å². The van der Waals surface area contributed by atoms with E-state index in [4.69, 9.17) is 0 Å². The minimum atomic E-state index is -0.0816. The molecule has 1 rings (SSSR count). The quantitative estimate of drug-likeness (QED) is 0.455. The molecule has 0 radical (unpaired) electrons. The summed E-state index contributed by atoms with van der Waals surface area (Å²) >= 11 is 0. The topological polar surface area (TPSA) is 44.7 Å². The van der Waals surface area contributed by atoms with Gasteiger partial charge >= 0.3 is 0 Å². The molecular formula is C5H9N3O. The van der Waals surface area contributed by atoms with Gasteiger partial charge in [0, 0.05) is 14.1 Å². The molecule has 0 bridgehead atoms. The van der Waals surface area contributed by atoms with Gasteiger partial charge in [-0.1, -0.05) is 0 Å². The van der Waals surface area contributed by atoms with Crippen LogP contribution < -0.4 is 5.32 Å². The fraction of sp³-hybridized carbons (Fsp3) is 0.600. The molecule has 50 valence electrons. The first kappa shape index (κ1) is 6.07. The molecule has 0 aliphatic carbocycles. The number of carbonyl (C=O) groups excluding carboxylic acids is 1. The predicted molar refractivity (Wildman–Crippen MR) is 34.1 cm³/mol. The highest BCUT2D eigenvalue weighted by Crippen LogP contribution is 1.95. The lowest BCUT2D eigenvalue weighted by Gasteiger charge is -2.09. The van der Waals surface area contributed by atoms with Gasteiger partial charge in [-0.25, -0.2) is 0 Å². The number of carbonyl (C=O) groups is 1. The maximum absolute atomic E-state index is 10.6. The average molecular weight is 127 g/mol. The van der Waals surface area contributed by atoms with Crippen LogP contribution in [-0.2, 0) is 4.79 Å². The maximum atomic E-state index is 10.6. The van der Waals surface area contributed by atoms with E-state index in [1.165, 1.54) is 0 Å². The van der Waals surface area contributed by atoms with Crippen LogP contribution in [-0.4, -0.2) is 37.4 Å². The van der Waals surface area contributed by atoms with Crippen molar-refractivity contribution in [1.29, 1.82) is 0 Å². The number of hydrogen-bond acceptors (Lipinski definition) is 3. The summed E-state index contributed by atoms with van der Waals surface area (Å²) in [4.78, 5) is 16.0. The number of rotatable bonds is 0. The molecule has 0 fully saturated rings. The van der Waals surface area contributed by atoms with Crippen molar-refractivity contribution in [3.8, 4) is 0 Å². The minimum Gasteiger partial charge on any atom is -0.359 e. The molecule has 0 atom stereocenters. The summed E-state index contributed by atoms with van der Waals surface area (Å²) in [5, 5.41) is 2.80. The fourth-order valence-corrected chi connectivity index (χ4v) is 0.763. The second-order valence-electron chi connectivity index (χ2n) is 1.94. The minimum absolute atomic E-state index is 0.0816. The van der Waals surface area contributed by atoms with Gasteiger partial charge in [0.1, 0.15) is 6.54 Å². The number of hydrogen-bond donors (Lipinski definition) is 1. The molecule has 0 unspecified atom stereocenters. The Hall–Kier alpha value is -1.06. The Morgan fingerprint density at radius 2 is 2.44 bits per heavy atom. The number of guanidine groups is 1. The molecule has 1 amide bonds. The van der Waals surface area contributed by atoms with E-state index >= 15 is 0 Å². The van der Waals surface area contributed by atoms with Crippen LogP contribution in [0.15, 0.2) is 4.99 Å². The Bertz CT molecular complexity index is 164. The van der Waals surface area contributed by atoms with Crippen molar-refractivity contribution in [3.05, 3.63) is 0 Å². The largest absolute Gasteiger partial charge is 0.359 e. The maximum Gasteiger partial charge on any atom is 0.268 e. The average Bonchev–Trinajstić information content (AvgIpc) is 2.10. The Labute approximate surface area is 53.6 Å². The van der Waals surface area contributed by atoms with E-state index in [-0.39, 0.29) is 5.91 Å². The number of nitrogens with one attached hydrogen (secondary N) is 1. The molecule has 1 aliphatic rings. The zero-order chi connectivity index (χ0) is 6.85. The van der Waals surface area contributed by atoms with Gasteiger partial charge in [0.05, 0.1) is 0 Å². The third-order valence-corrected chi connectivity index (χ3v) is 1.19. The summed E-state index contributed by atoms with van der Waals surface area (Å²) in [6, 6.07) is 0. The highest BCUT2D eigenvalue weighted by atomic mass is 16.2. The third-order valence-electron chi connectivity index (χ3n) is 1.19. The SMILES string of the molecule is CNC1=NC(=O)CN1C. The van der Waals surface area contributed by atoms with Crippen molar-refractivity contribution in [3.63, 3.8) is 0 Å². The Balaban J connectivity index is 2.68. The standard InChI is InChI=1S/C5H9N3O/c1-6-5-7-4(9)3-8(5)2/h3H2,1-2H3,(H,6,7,9). The molecule has 4 nitrogen and oxygen atoms in total. The summed E-state index contributed by atoms with van der Waals surface area (Å²) in [6.45, 7) is 0.399. The van der Waals surface area contributed by atoms with Gasteiger partial charge in [-0.3, -0.25) is 4.79 Å². The van der Waals surface area contributed by atoms with Gasteiger partial charge in [0.25, 0.3) is 5.91 Å². The molecule has 4 heteroatoms. The zero-order valence-electron chi connectivity index (χ0n) is 5.51. The normalized spacial score (nSPS) is 18.2. The van der Waals surface area contributed by atoms with E-state index in [0.717, 1.165) is 0 Å². The molecule has 9 heavy (non-hydrogen) atoms. The smallest absolute Gasteiger partial charge is 0.268 e. The van der Waals surface area contributed by atoms with Gasteiger partial charge in [0.2, 0.25) is 5.96 Å². The van der Waals surface area contributed by atoms with Crippen molar-refractivity contribution in [2.45, 2.75) is 0 Å². The molecule has 1 N–H and O–H groups in total. The monoisotopic (exact) mass is 127 g/mol. The number of nitrogens with zero attached hydrogens (tertiary/aromatic N) is 2. The second-order valence-corrected chi connectivity index (χ2v) is 1.94. The lowest BCUT2D eigenvalue weighted by atomic mass is 10.6. The fourth-order valence-electron chi connectivity index (χ4n) is 0.763. The third kappa shape index (κ3) is 1.01. The summed E-state index contributed by atoms with van der Waals surface area (Å²) in [5.74, 6) is 0.571. The molecule has 1 heterocycles. The first-order chi connectivity index (χ1) is 4.24. The van der Waals surface area contributed by atoms with Crippen LogP contribution in [0.4, 0.5) is 0 Å². The van der Waals surface area contributed by atoms with Gasteiger partial charge in [-0.05, 0) is 0 Å². The first-order valence-corrected chi connectivity index (χ1v) is 2.74. The predicted octanol–water partition coefficient (Wildman–Crippen LogP) is -0.966. The molecule has 0 saturated carbocycles. The summed E-state index contributed by atoms with van der Waals surface area (Å²) < 4.78 is 0. The molecule has 0 spiro atoms. The van der Waals surface area contributed by atoms with Gasteiger partial charge in [-0.2, -0.15) is 4.99 Å². The molecule has 0 aromatic rings. The van der Waals surface area contributed by atoms with Gasteiger partial charge in [-0.15, -0.1) is 0 Å². The molecular weight excluding hydrogens is 118 g/mol. The van der Waals surface area contributed by atoms with Gasteiger partial charge < -0.3 is 10.2 Å². The number of aliphatic imine (C=N–C) groups is 1. The highest BCUT2D eigenvalue weighted by molar-refractivity contribution is 6.00. The van der Waals surface area contributed by atoms with Crippen molar-refractivity contribution < 1.29 is 4.79 Å². The number of amides is 1. The van der Waals surface area contributed by atoms with E-state index in [2.05, 4.69) is 10.3 Å². The Kier molecular flexibility index (Phi) is 1.38. The summed E-state index contributed by atoms with van der Waals surface area (Å²) in [5.41, 5.74) is 0. The lowest BCUT2D eigenvalue weighted by Crippen LogP contribution is -2.32. The number of likely N-dealkylation sites (N-methyl/N-ethyl adjacent to an activating group) is 1. The molecule has 1 aliphatic heterocycles. The Morgan fingerprint density at radius 1 is 1.78 bits per heavy atom. The van der Waals surface area contributed by atoms with Crippen molar-refractivity contribution in [1.82, 2.24) is 10.2 Å². The first-order valence-electron chi connectivity index (χ1n) is 2.74. The van der Waals surface area contributed by atoms with Crippen LogP contribution >= 0.6 is 0 Å². The van der Waals surface area contributed by atoms with Crippen LogP contribution in [0, 0.1) is 0 Å². The summed E-state index contributed by atoms with van der Waals surface area (Å²) in [6.07, 6.45) is 0. The second kappa shape index (κ2) is 2.05. The molecule has 0 aromatic heterocycles. The van der Waals surface area contributed by atoms with Crippen molar-refractivity contribution in [2.24, 2.45) is 4.99 Å². The molecule has 0 saturated heterocycles. The van der Waals surface area contributed by atoms with E-state index < -0.39 is 0 Å². The Morgan fingerprint density at radius 3 is 2.67 bits per heavy atom. The van der Waals surface area contributed by atoms with Crippen LogP contribution in [0.3, 0.4) is 0 Å². The van der Waals surface area contributed by atoms with E-state index in [9.17, 15) is 4.79 Å². The summed E-state index contributed by atoms with van der Waals surface area (Å²) in [7, 11) is 3.56. The van der Waals surface area contributed by atoms with Crippen LogP contribution in [0.5, 0.6) is 0 Å². The van der Waals surface area contributed by atoms with Crippen LogP contribution in [0.2, 0.25) is 0 Å².